The van der Waals surface area contributed by atoms with Crippen LogP contribution < -0.4 is 4.90 Å². The third-order valence-corrected chi connectivity index (χ3v) is 2.86. The molecule has 1 aromatic heterocycles. The van der Waals surface area contributed by atoms with Crippen LogP contribution in [-0.2, 0) is 6.54 Å². The number of anilines is 1. The molecule has 0 bridgehead atoms. The van der Waals surface area contributed by atoms with Gasteiger partial charge in [-0.15, -0.1) is 0 Å². The minimum atomic E-state index is -0.350. The molecule has 0 aliphatic carbocycles. The molecule has 0 amide bonds. The Morgan fingerprint density at radius 3 is 2.74 bits per heavy atom. The van der Waals surface area contributed by atoms with Gasteiger partial charge >= 0.3 is 0 Å². The molecule has 0 unspecified atom stereocenters. The van der Waals surface area contributed by atoms with Crippen molar-refractivity contribution in [2.24, 2.45) is 0 Å². The Balaban J connectivity index is 2.28. The van der Waals surface area contributed by atoms with E-state index in [0.717, 1.165) is 11.3 Å². The monoisotopic (exact) mass is 257 g/mol. The van der Waals surface area contributed by atoms with Crippen molar-refractivity contribution in [1.29, 1.82) is 0 Å². The van der Waals surface area contributed by atoms with E-state index < -0.39 is 0 Å². The molecule has 0 spiro atoms. The average molecular weight is 257 g/mol. The van der Waals surface area contributed by atoms with Crippen LogP contribution in [0.3, 0.4) is 0 Å². The van der Waals surface area contributed by atoms with Gasteiger partial charge in [0.2, 0.25) is 0 Å². The zero-order chi connectivity index (χ0) is 13.8. The summed E-state index contributed by atoms with van der Waals surface area (Å²) in [4.78, 5) is 16.8. The molecule has 0 radical (unpaired) electrons. The molecule has 0 N–H and O–H groups in total. The Morgan fingerprint density at radius 2 is 2.11 bits per heavy atom. The summed E-state index contributed by atoms with van der Waals surface area (Å²) in [5.41, 5.74) is 2.47. The van der Waals surface area contributed by atoms with E-state index in [2.05, 4.69) is 4.98 Å². The number of hydrogen-bond acceptors (Lipinski definition) is 4. The van der Waals surface area contributed by atoms with Crippen LogP contribution in [-0.4, -0.2) is 17.0 Å². The number of hydrogen-bond donors (Lipinski definition) is 0. The molecule has 98 valence electrons. The molecular weight excluding hydrogens is 242 g/mol. The van der Waals surface area contributed by atoms with Gasteiger partial charge in [0.05, 0.1) is 17.2 Å². The zero-order valence-electron chi connectivity index (χ0n) is 10.9. The van der Waals surface area contributed by atoms with Crippen molar-refractivity contribution in [1.82, 2.24) is 4.98 Å². The van der Waals surface area contributed by atoms with Crippen LogP contribution >= 0.6 is 0 Å². The summed E-state index contributed by atoms with van der Waals surface area (Å²) in [6.07, 6.45) is 1.72. The van der Waals surface area contributed by atoms with Gasteiger partial charge in [0, 0.05) is 19.3 Å². The van der Waals surface area contributed by atoms with E-state index in [9.17, 15) is 10.1 Å². The summed E-state index contributed by atoms with van der Waals surface area (Å²) < 4.78 is 0. The summed E-state index contributed by atoms with van der Waals surface area (Å²) in [5.74, 6) is 0. The van der Waals surface area contributed by atoms with E-state index in [0.29, 0.717) is 12.2 Å². The molecule has 1 heterocycles. The summed E-state index contributed by atoms with van der Waals surface area (Å²) >= 11 is 0. The van der Waals surface area contributed by atoms with Crippen molar-refractivity contribution in [2.75, 3.05) is 11.9 Å². The minimum absolute atomic E-state index is 0.124. The lowest BCUT2D eigenvalue weighted by Crippen LogP contribution is -2.18. The molecule has 0 aliphatic rings. The molecule has 5 heteroatoms. The van der Waals surface area contributed by atoms with Gasteiger partial charge in [0.25, 0.3) is 5.69 Å². The average Bonchev–Trinajstić information content (AvgIpc) is 2.39. The second-order valence-electron chi connectivity index (χ2n) is 4.43. The van der Waals surface area contributed by atoms with Gasteiger partial charge in [-0.2, -0.15) is 0 Å². The molecule has 0 saturated heterocycles. The predicted octanol–water partition coefficient (Wildman–Crippen LogP) is 2.93. The second-order valence-corrected chi connectivity index (χ2v) is 4.43. The van der Waals surface area contributed by atoms with Crippen molar-refractivity contribution >= 4 is 11.4 Å². The molecule has 0 fully saturated rings. The first-order valence-electron chi connectivity index (χ1n) is 5.94. The first kappa shape index (κ1) is 13.0. The van der Waals surface area contributed by atoms with Gasteiger partial charge < -0.3 is 4.90 Å². The summed E-state index contributed by atoms with van der Waals surface area (Å²) in [7, 11) is 1.83. The fraction of sp³-hybridized carbons (Fsp3) is 0.214. The summed E-state index contributed by atoms with van der Waals surface area (Å²) in [6.45, 7) is 2.38. The maximum atomic E-state index is 11.1. The first-order chi connectivity index (χ1) is 9.08. The van der Waals surface area contributed by atoms with E-state index in [1.54, 1.807) is 18.3 Å². The number of rotatable bonds is 4. The highest BCUT2D eigenvalue weighted by atomic mass is 16.6. The molecule has 0 atom stereocenters. The second kappa shape index (κ2) is 5.48. The van der Waals surface area contributed by atoms with E-state index in [4.69, 9.17) is 0 Å². The Bertz CT molecular complexity index is 584. The van der Waals surface area contributed by atoms with Crippen LogP contribution in [0.5, 0.6) is 0 Å². The van der Waals surface area contributed by atoms with E-state index >= 15 is 0 Å². The normalized spacial score (nSPS) is 10.2. The lowest BCUT2D eigenvalue weighted by atomic mass is 10.1. The SMILES string of the molecule is Cc1ccc(N(C)Cc2ccccn2)c([N+](=O)[O-])c1. The Kier molecular flexibility index (Phi) is 3.75. The quantitative estimate of drug-likeness (QED) is 0.624. The third-order valence-electron chi connectivity index (χ3n) is 2.86. The van der Waals surface area contributed by atoms with Gasteiger partial charge in [0.15, 0.2) is 0 Å². The van der Waals surface area contributed by atoms with Gasteiger partial charge in [0.1, 0.15) is 5.69 Å². The maximum Gasteiger partial charge on any atom is 0.292 e. The summed E-state index contributed by atoms with van der Waals surface area (Å²) in [5, 5.41) is 11.1. The first-order valence-corrected chi connectivity index (χ1v) is 5.94. The Hall–Kier alpha value is -2.43. The standard InChI is InChI=1S/C14H15N3O2/c1-11-6-7-13(14(9-11)17(18)19)16(2)10-12-5-3-4-8-15-12/h3-9H,10H2,1-2H3. The number of benzene rings is 1. The number of nitro benzene ring substituents is 1. The van der Waals surface area contributed by atoms with Crippen LogP contribution in [0.25, 0.3) is 0 Å². The van der Waals surface area contributed by atoms with Crippen LogP contribution in [0, 0.1) is 17.0 Å². The number of nitrogens with zero attached hydrogens (tertiary/aromatic N) is 3. The van der Waals surface area contributed by atoms with Gasteiger partial charge in [-0.25, -0.2) is 0 Å². The number of aryl methyl sites for hydroxylation is 1. The van der Waals surface area contributed by atoms with Crippen LogP contribution in [0.4, 0.5) is 11.4 Å². The van der Waals surface area contributed by atoms with Crippen molar-refractivity contribution < 1.29 is 4.92 Å². The molecule has 5 nitrogen and oxygen atoms in total. The van der Waals surface area contributed by atoms with Gasteiger partial charge in [-0.05, 0) is 30.7 Å². The van der Waals surface area contributed by atoms with Gasteiger partial charge in [-0.1, -0.05) is 12.1 Å². The lowest BCUT2D eigenvalue weighted by molar-refractivity contribution is -0.384. The van der Waals surface area contributed by atoms with Gasteiger partial charge in [-0.3, -0.25) is 15.1 Å². The minimum Gasteiger partial charge on any atom is -0.363 e. The van der Waals surface area contributed by atoms with Crippen molar-refractivity contribution in [3.05, 3.63) is 64.0 Å². The Morgan fingerprint density at radius 1 is 1.32 bits per heavy atom. The van der Waals surface area contributed by atoms with Crippen molar-refractivity contribution in [3.63, 3.8) is 0 Å². The fourth-order valence-corrected chi connectivity index (χ4v) is 1.92. The molecule has 0 saturated carbocycles. The lowest BCUT2D eigenvalue weighted by Gasteiger charge is -2.18. The van der Waals surface area contributed by atoms with Crippen LogP contribution in [0.15, 0.2) is 42.6 Å². The molecule has 1 aromatic carbocycles. The highest BCUT2D eigenvalue weighted by Gasteiger charge is 2.17. The molecule has 2 rings (SSSR count). The Labute approximate surface area is 111 Å². The van der Waals surface area contributed by atoms with E-state index in [1.807, 2.05) is 43.1 Å². The van der Waals surface area contributed by atoms with Crippen molar-refractivity contribution in [3.8, 4) is 0 Å². The number of pyridine rings is 1. The van der Waals surface area contributed by atoms with Crippen LogP contribution in [0.1, 0.15) is 11.3 Å². The largest absolute Gasteiger partial charge is 0.363 e. The highest BCUT2D eigenvalue weighted by molar-refractivity contribution is 5.63. The fourth-order valence-electron chi connectivity index (χ4n) is 1.92. The topological polar surface area (TPSA) is 59.3 Å². The zero-order valence-corrected chi connectivity index (χ0v) is 10.9. The predicted molar refractivity (Wildman–Crippen MR) is 74.2 cm³/mol. The molecule has 19 heavy (non-hydrogen) atoms. The van der Waals surface area contributed by atoms with Crippen molar-refractivity contribution in [2.45, 2.75) is 13.5 Å². The van der Waals surface area contributed by atoms with Crippen LogP contribution in [0.2, 0.25) is 0 Å². The van der Waals surface area contributed by atoms with E-state index in [-0.39, 0.29) is 10.6 Å². The summed E-state index contributed by atoms with van der Waals surface area (Å²) in [6, 6.07) is 10.9. The molecule has 0 aliphatic heterocycles. The maximum absolute atomic E-state index is 11.1. The highest BCUT2D eigenvalue weighted by Crippen LogP contribution is 2.28. The number of aromatic nitrogens is 1. The molecular formula is C14H15N3O2. The molecule has 2 aromatic rings. The smallest absolute Gasteiger partial charge is 0.292 e. The third kappa shape index (κ3) is 3.07. The number of nitro groups is 1. The van der Waals surface area contributed by atoms with E-state index in [1.165, 1.54) is 0 Å².